The number of sulfonamides is 1. The van der Waals surface area contributed by atoms with E-state index in [2.05, 4.69) is 4.99 Å². The second kappa shape index (κ2) is 13.3. The molecule has 0 spiro atoms. The zero-order chi connectivity index (χ0) is 28.7. The predicted molar refractivity (Wildman–Crippen MR) is 153 cm³/mol. The van der Waals surface area contributed by atoms with Gasteiger partial charge in [0.2, 0.25) is 10.0 Å². The smallest absolute Gasteiger partial charge is 0.326 e. The predicted octanol–water partition coefficient (Wildman–Crippen LogP) is 3.44. The Morgan fingerprint density at radius 1 is 0.950 bits per heavy atom. The van der Waals surface area contributed by atoms with E-state index >= 15 is 0 Å². The van der Waals surface area contributed by atoms with Gasteiger partial charge >= 0.3 is 5.97 Å². The van der Waals surface area contributed by atoms with Crippen LogP contribution < -0.4 is 4.80 Å². The lowest BCUT2D eigenvalue weighted by Gasteiger charge is -2.21. The number of thiazole rings is 1. The van der Waals surface area contributed by atoms with Gasteiger partial charge in [0.05, 0.1) is 34.9 Å². The molecular formula is C28H31N3O7S2. The third kappa shape index (κ3) is 6.48. The molecule has 1 heterocycles. The Balaban J connectivity index is 1.70. The van der Waals surface area contributed by atoms with E-state index in [1.807, 2.05) is 36.4 Å². The summed E-state index contributed by atoms with van der Waals surface area (Å²) in [5.41, 5.74) is 0.973. The number of ether oxygens (including phenoxy) is 3. The molecule has 4 rings (SSSR count). The SMILES string of the molecule is CCOC(=O)Cn1c(=NC(=O)c2ccc(S(=O)(=O)N(CCOC)CCOC)cc2)sc2c3ccccc3ccc21. The molecule has 10 nitrogen and oxygen atoms in total. The number of aromatic nitrogens is 1. The topological polar surface area (TPSA) is 117 Å². The van der Waals surface area contributed by atoms with E-state index in [1.54, 1.807) is 11.5 Å². The first kappa shape index (κ1) is 29.6. The molecule has 4 aromatic rings. The summed E-state index contributed by atoms with van der Waals surface area (Å²) in [6.07, 6.45) is 0. The highest BCUT2D eigenvalue weighted by atomic mass is 32.2. The van der Waals surface area contributed by atoms with Gasteiger partial charge in [0.15, 0.2) is 4.80 Å². The van der Waals surface area contributed by atoms with Crippen LogP contribution in [-0.2, 0) is 35.6 Å². The maximum atomic E-state index is 13.2. The molecule has 40 heavy (non-hydrogen) atoms. The summed E-state index contributed by atoms with van der Waals surface area (Å²) in [5, 5.41) is 2.01. The number of nitrogens with zero attached hydrogens (tertiary/aromatic N) is 3. The number of carbonyl (C=O) groups is 2. The molecule has 0 saturated carbocycles. The van der Waals surface area contributed by atoms with Crippen LogP contribution in [0.4, 0.5) is 0 Å². The number of carbonyl (C=O) groups excluding carboxylic acids is 2. The van der Waals surface area contributed by atoms with E-state index in [-0.39, 0.29) is 49.9 Å². The standard InChI is InChI=1S/C28H31N3O7S2/c1-4-38-25(32)19-31-24-14-11-20-7-5-6-8-23(20)26(24)39-28(31)29-27(33)21-9-12-22(13-10-21)40(34,35)30(15-17-36-2)16-18-37-3/h5-14H,4,15-19H2,1-3H3. The normalized spacial score (nSPS) is 12.4. The molecule has 0 atom stereocenters. The molecular weight excluding hydrogens is 554 g/mol. The molecule has 0 aliphatic heterocycles. The van der Waals surface area contributed by atoms with Crippen molar-refractivity contribution in [3.63, 3.8) is 0 Å². The molecule has 0 bridgehead atoms. The Hall–Kier alpha value is -3.42. The molecule has 0 aliphatic carbocycles. The molecule has 3 aromatic carbocycles. The maximum Gasteiger partial charge on any atom is 0.326 e. The number of esters is 1. The quantitative estimate of drug-likeness (QED) is 0.234. The van der Waals surface area contributed by atoms with E-state index in [4.69, 9.17) is 14.2 Å². The third-order valence-corrected chi connectivity index (χ3v) is 9.23. The number of amides is 1. The average Bonchev–Trinajstić information content (AvgIpc) is 3.30. The van der Waals surface area contributed by atoms with Crippen LogP contribution in [0, 0.1) is 0 Å². The summed E-state index contributed by atoms with van der Waals surface area (Å²) in [6, 6.07) is 17.3. The summed E-state index contributed by atoms with van der Waals surface area (Å²) in [5.74, 6) is -1.00. The largest absolute Gasteiger partial charge is 0.465 e. The van der Waals surface area contributed by atoms with E-state index in [9.17, 15) is 18.0 Å². The van der Waals surface area contributed by atoms with Gasteiger partial charge in [-0.15, -0.1) is 0 Å². The summed E-state index contributed by atoms with van der Waals surface area (Å²) in [7, 11) is -0.832. The van der Waals surface area contributed by atoms with Crippen LogP contribution in [0.3, 0.4) is 0 Å². The van der Waals surface area contributed by atoms with E-state index in [0.29, 0.717) is 4.80 Å². The highest BCUT2D eigenvalue weighted by molar-refractivity contribution is 7.89. The number of hydrogen-bond donors (Lipinski definition) is 0. The first-order chi connectivity index (χ1) is 19.3. The maximum absolute atomic E-state index is 13.2. The van der Waals surface area contributed by atoms with E-state index in [1.165, 1.54) is 54.1 Å². The molecule has 12 heteroatoms. The van der Waals surface area contributed by atoms with Crippen LogP contribution in [0.2, 0.25) is 0 Å². The van der Waals surface area contributed by atoms with Gasteiger partial charge in [-0.2, -0.15) is 9.30 Å². The zero-order valence-electron chi connectivity index (χ0n) is 22.5. The Bertz CT molecular complexity index is 1670. The molecule has 0 fully saturated rings. The van der Waals surface area contributed by atoms with Crippen molar-refractivity contribution in [3.05, 3.63) is 71.0 Å². The Morgan fingerprint density at radius 2 is 1.62 bits per heavy atom. The fraction of sp³-hybridized carbons (Fsp3) is 0.321. The number of fused-ring (bicyclic) bond motifs is 3. The monoisotopic (exact) mass is 585 g/mol. The van der Waals surface area contributed by atoms with Crippen LogP contribution in [-0.4, -0.2) is 76.3 Å². The van der Waals surface area contributed by atoms with Crippen LogP contribution >= 0.6 is 11.3 Å². The van der Waals surface area contributed by atoms with E-state index in [0.717, 1.165) is 21.0 Å². The number of rotatable bonds is 12. The molecule has 0 N–H and O–H groups in total. The third-order valence-electron chi connectivity index (χ3n) is 6.19. The lowest BCUT2D eigenvalue weighted by atomic mass is 10.1. The van der Waals surface area contributed by atoms with Gasteiger partial charge in [-0.25, -0.2) is 8.42 Å². The van der Waals surface area contributed by atoms with Gasteiger partial charge in [-0.3, -0.25) is 9.59 Å². The molecule has 0 radical (unpaired) electrons. The summed E-state index contributed by atoms with van der Waals surface area (Å²) in [6.45, 7) is 2.66. The van der Waals surface area contributed by atoms with Crippen molar-refractivity contribution in [2.24, 2.45) is 4.99 Å². The second-order valence-electron chi connectivity index (χ2n) is 8.74. The molecule has 1 aromatic heterocycles. The van der Waals surface area contributed by atoms with Crippen molar-refractivity contribution in [1.29, 1.82) is 0 Å². The molecule has 212 valence electrons. The molecule has 1 amide bonds. The van der Waals surface area contributed by atoms with Crippen molar-refractivity contribution < 1.29 is 32.2 Å². The minimum absolute atomic E-state index is 0.0435. The van der Waals surface area contributed by atoms with Gasteiger partial charge in [-0.1, -0.05) is 41.7 Å². The van der Waals surface area contributed by atoms with Crippen LogP contribution in [0.25, 0.3) is 21.0 Å². The van der Waals surface area contributed by atoms with Gasteiger partial charge in [-0.05, 0) is 42.6 Å². The van der Waals surface area contributed by atoms with E-state index < -0.39 is 21.9 Å². The molecule has 0 aliphatic rings. The summed E-state index contributed by atoms with van der Waals surface area (Å²) in [4.78, 5) is 30.3. The Morgan fingerprint density at radius 3 is 2.27 bits per heavy atom. The number of methoxy groups -OCH3 is 2. The first-order valence-electron chi connectivity index (χ1n) is 12.6. The van der Waals surface area contributed by atoms with Crippen molar-refractivity contribution in [1.82, 2.24) is 8.87 Å². The minimum Gasteiger partial charge on any atom is -0.465 e. The number of benzene rings is 3. The lowest BCUT2D eigenvalue weighted by Crippen LogP contribution is -2.36. The van der Waals surface area contributed by atoms with Gasteiger partial charge < -0.3 is 18.8 Å². The van der Waals surface area contributed by atoms with Crippen LogP contribution in [0.15, 0.2) is 70.6 Å². The first-order valence-corrected chi connectivity index (χ1v) is 14.9. The minimum atomic E-state index is -3.83. The molecule has 0 saturated heterocycles. The van der Waals surface area contributed by atoms with Gasteiger partial charge in [0.1, 0.15) is 6.54 Å². The zero-order valence-corrected chi connectivity index (χ0v) is 24.2. The highest BCUT2D eigenvalue weighted by Crippen LogP contribution is 2.28. The summed E-state index contributed by atoms with van der Waals surface area (Å²) < 4.78 is 45.5. The van der Waals surface area contributed by atoms with Crippen molar-refractivity contribution in [3.8, 4) is 0 Å². The Labute approximate surface area is 236 Å². The number of hydrogen-bond acceptors (Lipinski definition) is 8. The fourth-order valence-corrected chi connectivity index (χ4v) is 6.75. The van der Waals surface area contributed by atoms with Crippen molar-refractivity contribution >= 4 is 54.2 Å². The Kier molecular flexibility index (Phi) is 9.82. The second-order valence-corrected chi connectivity index (χ2v) is 11.7. The van der Waals surface area contributed by atoms with Crippen LogP contribution in [0.1, 0.15) is 17.3 Å². The van der Waals surface area contributed by atoms with Crippen LogP contribution in [0.5, 0.6) is 0 Å². The highest BCUT2D eigenvalue weighted by Gasteiger charge is 2.24. The van der Waals surface area contributed by atoms with Gasteiger partial charge in [0, 0.05) is 38.3 Å². The molecule has 0 unspecified atom stereocenters. The average molecular weight is 586 g/mol. The fourth-order valence-electron chi connectivity index (χ4n) is 4.18. The van der Waals surface area contributed by atoms with Crippen molar-refractivity contribution in [2.75, 3.05) is 47.1 Å². The lowest BCUT2D eigenvalue weighted by molar-refractivity contribution is -0.143. The van der Waals surface area contributed by atoms with Crippen molar-refractivity contribution in [2.45, 2.75) is 18.4 Å². The summed E-state index contributed by atoms with van der Waals surface area (Å²) >= 11 is 1.30. The van der Waals surface area contributed by atoms with Gasteiger partial charge in [0.25, 0.3) is 5.91 Å².